The summed E-state index contributed by atoms with van der Waals surface area (Å²) in [5, 5.41) is 10.6. The molecule has 1 unspecified atom stereocenters. The fourth-order valence-electron chi connectivity index (χ4n) is 0.650. The van der Waals surface area contributed by atoms with Crippen molar-refractivity contribution in [2.75, 3.05) is 6.54 Å². The maximum atomic E-state index is 8.07. The highest BCUT2D eigenvalue weighted by molar-refractivity contribution is 4.71. The molecule has 0 bridgehead atoms. The molecular formula is C6H13N3. The van der Waals surface area contributed by atoms with E-state index in [-0.39, 0.29) is 6.04 Å². The van der Waals surface area contributed by atoms with E-state index in [1.165, 1.54) is 0 Å². The summed E-state index contributed by atoms with van der Waals surface area (Å²) in [6.45, 7) is 2.68. The van der Waals surface area contributed by atoms with E-state index < -0.39 is 0 Å². The normalized spacial score (nSPS) is 12.1. The highest BCUT2D eigenvalue weighted by Crippen LogP contribution is 1.89. The molecule has 0 aliphatic rings. The molecule has 9 heavy (non-hydrogen) atoms. The minimum absolute atomic E-state index is 0.134. The lowest BCUT2D eigenvalue weighted by Gasteiger charge is -2.06. The molecule has 3 N–H and O–H groups in total. The number of nitrogens with zero attached hydrogens (tertiary/aromatic N) is 1. The van der Waals surface area contributed by atoms with Crippen LogP contribution in [0.1, 0.15) is 19.8 Å². The fourth-order valence-corrected chi connectivity index (χ4v) is 0.650. The topological polar surface area (TPSA) is 61.8 Å². The van der Waals surface area contributed by atoms with Crippen LogP contribution in [0, 0.1) is 11.5 Å². The van der Waals surface area contributed by atoms with Gasteiger partial charge in [-0.15, -0.1) is 0 Å². The van der Waals surface area contributed by atoms with Crippen LogP contribution in [0.15, 0.2) is 0 Å². The van der Waals surface area contributed by atoms with Crippen molar-refractivity contribution in [3.05, 3.63) is 0 Å². The van der Waals surface area contributed by atoms with E-state index >= 15 is 0 Å². The molecule has 0 aromatic carbocycles. The van der Waals surface area contributed by atoms with Gasteiger partial charge in [0.05, 0.1) is 0 Å². The highest BCUT2D eigenvalue weighted by atomic mass is 14.9. The fraction of sp³-hybridized carbons (Fsp3) is 0.833. The Morgan fingerprint density at radius 2 is 2.44 bits per heavy atom. The lowest BCUT2D eigenvalue weighted by molar-refractivity contribution is 0.583. The SMILES string of the molecule is CCCC(N)CNC#N. The van der Waals surface area contributed by atoms with Crippen molar-refractivity contribution in [1.29, 1.82) is 5.26 Å². The van der Waals surface area contributed by atoms with Crippen molar-refractivity contribution in [3.63, 3.8) is 0 Å². The molecule has 0 saturated carbocycles. The predicted octanol–water partition coefficient (Wildman–Crippen LogP) is 0.184. The molecule has 1 atom stereocenters. The number of rotatable bonds is 4. The zero-order valence-corrected chi connectivity index (χ0v) is 5.72. The first kappa shape index (κ1) is 8.25. The molecule has 0 aliphatic carbocycles. The van der Waals surface area contributed by atoms with Gasteiger partial charge in [-0.05, 0) is 6.42 Å². The molecule has 0 amide bonds. The Bertz CT molecular complexity index is 95.0. The Labute approximate surface area is 55.8 Å². The summed E-state index contributed by atoms with van der Waals surface area (Å²) in [5.41, 5.74) is 5.56. The third-order valence-corrected chi connectivity index (χ3v) is 1.10. The Morgan fingerprint density at radius 3 is 2.89 bits per heavy atom. The average molecular weight is 127 g/mol. The van der Waals surface area contributed by atoms with Crippen molar-refractivity contribution in [3.8, 4) is 6.19 Å². The standard InChI is InChI=1S/C6H13N3/c1-2-3-6(8)4-9-5-7/h6,9H,2-4,8H2,1H3. The monoisotopic (exact) mass is 127 g/mol. The lowest BCUT2D eigenvalue weighted by Crippen LogP contribution is -2.31. The minimum Gasteiger partial charge on any atom is -0.326 e. The van der Waals surface area contributed by atoms with Crippen molar-refractivity contribution in [2.45, 2.75) is 25.8 Å². The lowest BCUT2D eigenvalue weighted by atomic mass is 10.2. The minimum atomic E-state index is 0.134. The smallest absolute Gasteiger partial charge is 0.176 e. The second kappa shape index (κ2) is 5.39. The molecule has 0 aromatic heterocycles. The van der Waals surface area contributed by atoms with E-state index in [0.717, 1.165) is 12.8 Å². The van der Waals surface area contributed by atoms with Crippen LogP contribution in [0.25, 0.3) is 0 Å². The zero-order valence-electron chi connectivity index (χ0n) is 5.72. The maximum Gasteiger partial charge on any atom is 0.176 e. The second-order valence-corrected chi connectivity index (χ2v) is 2.04. The van der Waals surface area contributed by atoms with Gasteiger partial charge in [-0.3, -0.25) is 0 Å². The number of nitrogens with two attached hydrogens (primary N) is 1. The summed E-state index contributed by atoms with van der Waals surface area (Å²) < 4.78 is 0. The first-order valence-electron chi connectivity index (χ1n) is 3.18. The molecule has 0 spiro atoms. The molecule has 3 heteroatoms. The molecule has 0 saturated heterocycles. The summed E-state index contributed by atoms with van der Waals surface area (Å²) in [6, 6.07) is 0.134. The molecule has 0 radical (unpaired) electrons. The Hall–Kier alpha value is -0.750. The average Bonchev–Trinajstić information content (AvgIpc) is 1.85. The molecule has 0 fully saturated rings. The quantitative estimate of drug-likeness (QED) is 0.418. The van der Waals surface area contributed by atoms with Gasteiger partial charge in [0, 0.05) is 12.6 Å². The summed E-state index contributed by atoms with van der Waals surface area (Å²) in [4.78, 5) is 0. The predicted molar refractivity (Wildman–Crippen MR) is 36.5 cm³/mol. The number of hydrogen-bond acceptors (Lipinski definition) is 3. The van der Waals surface area contributed by atoms with Crippen LogP contribution in [0.4, 0.5) is 0 Å². The summed E-state index contributed by atoms with van der Waals surface area (Å²) >= 11 is 0. The van der Waals surface area contributed by atoms with Crippen LogP contribution < -0.4 is 11.1 Å². The highest BCUT2D eigenvalue weighted by Gasteiger charge is 1.97. The van der Waals surface area contributed by atoms with Gasteiger partial charge >= 0.3 is 0 Å². The van der Waals surface area contributed by atoms with Crippen molar-refractivity contribution < 1.29 is 0 Å². The maximum absolute atomic E-state index is 8.07. The number of nitriles is 1. The Balaban J connectivity index is 3.07. The van der Waals surface area contributed by atoms with Gasteiger partial charge in [-0.25, -0.2) is 0 Å². The van der Waals surface area contributed by atoms with Gasteiger partial charge in [0.2, 0.25) is 0 Å². The molecule has 0 aromatic rings. The molecule has 0 aliphatic heterocycles. The van der Waals surface area contributed by atoms with E-state index in [2.05, 4.69) is 12.2 Å². The number of hydrogen-bond donors (Lipinski definition) is 2. The van der Waals surface area contributed by atoms with E-state index in [1.807, 2.05) is 6.19 Å². The molecule has 52 valence electrons. The first-order valence-corrected chi connectivity index (χ1v) is 3.18. The van der Waals surface area contributed by atoms with Crippen molar-refractivity contribution in [1.82, 2.24) is 5.32 Å². The van der Waals surface area contributed by atoms with E-state index in [9.17, 15) is 0 Å². The van der Waals surface area contributed by atoms with Crippen LogP contribution in [0.2, 0.25) is 0 Å². The zero-order chi connectivity index (χ0) is 7.11. The van der Waals surface area contributed by atoms with E-state index in [0.29, 0.717) is 6.54 Å². The van der Waals surface area contributed by atoms with E-state index in [1.54, 1.807) is 0 Å². The molecule has 3 nitrogen and oxygen atoms in total. The first-order chi connectivity index (χ1) is 4.31. The van der Waals surface area contributed by atoms with Crippen LogP contribution >= 0.6 is 0 Å². The van der Waals surface area contributed by atoms with Gasteiger partial charge in [0.25, 0.3) is 0 Å². The summed E-state index contributed by atoms with van der Waals surface area (Å²) in [7, 11) is 0. The molecular weight excluding hydrogens is 114 g/mol. The Morgan fingerprint density at radius 1 is 1.78 bits per heavy atom. The van der Waals surface area contributed by atoms with Crippen LogP contribution in [0.5, 0.6) is 0 Å². The van der Waals surface area contributed by atoms with Gasteiger partial charge in [-0.2, -0.15) is 5.26 Å². The van der Waals surface area contributed by atoms with Gasteiger partial charge in [0.1, 0.15) is 0 Å². The second-order valence-electron chi connectivity index (χ2n) is 2.04. The summed E-state index contributed by atoms with van der Waals surface area (Å²) in [6.07, 6.45) is 3.89. The molecule has 0 heterocycles. The van der Waals surface area contributed by atoms with Crippen molar-refractivity contribution >= 4 is 0 Å². The third-order valence-electron chi connectivity index (χ3n) is 1.10. The number of nitrogens with one attached hydrogen (secondary N) is 1. The van der Waals surface area contributed by atoms with Crippen molar-refractivity contribution in [2.24, 2.45) is 5.73 Å². The van der Waals surface area contributed by atoms with Crippen LogP contribution in [0.3, 0.4) is 0 Å². The van der Waals surface area contributed by atoms with Gasteiger partial charge < -0.3 is 11.1 Å². The van der Waals surface area contributed by atoms with E-state index in [4.69, 9.17) is 11.0 Å². The van der Waals surface area contributed by atoms with Crippen LogP contribution in [-0.2, 0) is 0 Å². The Kier molecular flexibility index (Phi) is 4.94. The van der Waals surface area contributed by atoms with Crippen LogP contribution in [-0.4, -0.2) is 12.6 Å². The largest absolute Gasteiger partial charge is 0.326 e. The third kappa shape index (κ3) is 5.12. The summed E-state index contributed by atoms with van der Waals surface area (Å²) in [5.74, 6) is 0. The van der Waals surface area contributed by atoms with Gasteiger partial charge in [-0.1, -0.05) is 13.3 Å². The molecule has 0 rings (SSSR count). The van der Waals surface area contributed by atoms with Gasteiger partial charge in [0.15, 0.2) is 6.19 Å².